The van der Waals surface area contributed by atoms with Gasteiger partial charge in [0.1, 0.15) is 18.2 Å². The lowest BCUT2D eigenvalue weighted by Crippen LogP contribution is -2.67. The van der Waals surface area contributed by atoms with Crippen LogP contribution in [0.2, 0.25) is 0 Å². The van der Waals surface area contributed by atoms with Crippen LogP contribution >= 0.6 is 0 Å². The summed E-state index contributed by atoms with van der Waals surface area (Å²) >= 11 is 0. The summed E-state index contributed by atoms with van der Waals surface area (Å²) in [5, 5.41) is 12.6. The SMILES string of the molecule is CC(C)(C)[N+]1(C(=O)O)CCC[C@H]1CNC(=O)OCc1ccccc1. The topological polar surface area (TPSA) is 75.6 Å². The van der Waals surface area contributed by atoms with Gasteiger partial charge < -0.3 is 15.2 Å². The normalized spacial score (nSPS) is 23.7. The molecule has 132 valence electrons. The minimum Gasteiger partial charge on any atom is -0.445 e. The van der Waals surface area contributed by atoms with Crippen molar-refractivity contribution in [1.29, 1.82) is 0 Å². The first-order chi connectivity index (χ1) is 11.3. The maximum atomic E-state index is 12.0. The molecule has 2 N–H and O–H groups in total. The Morgan fingerprint density at radius 3 is 2.54 bits per heavy atom. The number of hydrogen-bond acceptors (Lipinski definition) is 3. The van der Waals surface area contributed by atoms with Crippen LogP contribution in [0.15, 0.2) is 30.3 Å². The standard InChI is InChI=1S/C18H26N2O4/c1-18(2,3)20(17(22)23)11-7-10-15(20)12-19-16(21)24-13-14-8-5-4-6-9-14/h4-6,8-9,15H,7,10-13H2,1-3H3,(H-,19,21,22,23)/p+1/t15-,20?/m0/s1. The van der Waals surface area contributed by atoms with Crippen molar-refractivity contribution in [3.8, 4) is 0 Å². The highest BCUT2D eigenvalue weighted by Crippen LogP contribution is 2.36. The average molecular weight is 335 g/mol. The van der Waals surface area contributed by atoms with Crippen LogP contribution < -0.4 is 5.32 Å². The van der Waals surface area contributed by atoms with Crippen LogP contribution in [0.3, 0.4) is 0 Å². The van der Waals surface area contributed by atoms with Gasteiger partial charge in [0.2, 0.25) is 0 Å². The van der Waals surface area contributed by atoms with Gasteiger partial charge in [-0.15, -0.1) is 0 Å². The Morgan fingerprint density at radius 2 is 1.96 bits per heavy atom. The number of benzene rings is 1. The molecule has 1 aliphatic rings. The molecule has 0 saturated carbocycles. The molecule has 1 aromatic rings. The summed E-state index contributed by atoms with van der Waals surface area (Å²) in [5.41, 5.74) is 0.488. The molecule has 1 fully saturated rings. The number of ether oxygens (including phenoxy) is 1. The maximum absolute atomic E-state index is 12.0. The molecular weight excluding hydrogens is 308 g/mol. The van der Waals surface area contributed by atoms with Crippen LogP contribution in [0.5, 0.6) is 0 Å². The number of likely N-dealkylation sites (tertiary alicyclic amines) is 1. The van der Waals surface area contributed by atoms with Gasteiger partial charge >= 0.3 is 12.2 Å². The fourth-order valence-corrected chi connectivity index (χ4v) is 3.63. The van der Waals surface area contributed by atoms with E-state index < -0.39 is 17.7 Å². The van der Waals surface area contributed by atoms with Crippen molar-refractivity contribution < 1.29 is 23.9 Å². The predicted molar refractivity (Wildman–Crippen MR) is 90.6 cm³/mol. The third-order valence-corrected chi connectivity index (χ3v) is 4.90. The van der Waals surface area contributed by atoms with Crippen LogP contribution in [0, 0.1) is 0 Å². The Bertz CT molecular complexity index is 582. The minimum atomic E-state index is -0.829. The highest BCUT2D eigenvalue weighted by atomic mass is 16.5. The largest absolute Gasteiger partial charge is 0.514 e. The first-order valence-electron chi connectivity index (χ1n) is 8.33. The molecule has 1 unspecified atom stereocenters. The fourth-order valence-electron chi connectivity index (χ4n) is 3.63. The van der Waals surface area contributed by atoms with E-state index in [1.165, 1.54) is 0 Å². The number of nitrogens with zero attached hydrogens (tertiary/aromatic N) is 1. The summed E-state index contributed by atoms with van der Waals surface area (Å²) in [6.45, 7) is 6.91. The van der Waals surface area contributed by atoms with Gasteiger partial charge in [0.15, 0.2) is 0 Å². The number of nitrogens with one attached hydrogen (secondary N) is 1. The van der Waals surface area contributed by atoms with E-state index in [1.54, 1.807) is 0 Å². The van der Waals surface area contributed by atoms with Gasteiger partial charge in [0, 0.05) is 12.8 Å². The Balaban J connectivity index is 1.92. The molecule has 0 aliphatic carbocycles. The highest BCUT2D eigenvalue weighted by Gasteiger charge is 2.56. The van der Waals surface area contributed by atoms with E-state index in [0.717, 1.165) is 18.4 Å². The van der Waals surface area contributed by atoms with E-state index in [4.69, 9.17) is 4.74 Å². The number of alkyl carbamates (subject to hydrolysis) is 1. The van der Waals surface area contributed by atoms with Crippen molar-refractivity contribution in [2.75, 3.05) is 13.1 Å². The molecule has 6 nitrogen and oxygen atoms in total. The smallest absolute Gasteiger partial charge is 0.445 e. The second kappa shape index (κ2) is 7.21. The van der Waals surface area contributed by atoms with Crippen LogP contribution in [0.1, 0.15) is 39.2 Å². The number of amides is 2. The highest BCUT2D eigenvalue weighted by molar-refractivity contribution is 5.67. The second-order valence-corrected chi connectivity index (χ2v) is 7.28. The Kier molecular flexibility index (Phi) is 5.49. The number of hydrogen-bond donors (Lipinski definition) is 2. The lowest BCUT2D eigenvalue weighted by Gasteiger charge is -2.44. The van der Waals surface area contributed by atoms with Crippen molar-refractivity contribution in [3.05, 3.63) is 35.9 Å². The van der Waals surface area contributed by atoms with Crippen LogP contribution in [0.4, 0.5) is 9.59 Å². The van der Waals surface area contributed by atoms with Gasteiger partial charge in [-0.2, -0.15) is 4.79 Å². The molecule has 6 heteroatoms. The lowest BCUT2D eigenvalue weighted by molar-refractivity contribution is -0.913. The van der Waals surface area contributed by atoms with Crippen molar-refractivity contribution in [2.45, 2.75) is 51.8 Å². The molecule has 0 spiro atoms. The van der Waals surface area contributed by atoms with Crippen molar-refractivity contribution >= 4 is 12.2 Å². The Labute approximate surface area is 143 Å². The maximum Gasteiger partial charge on any atom is 0.514 e. The third-order valence-electron chi connectivity index (χ3n) is 4.90. The minimum absolute atomic E-state index is 0.0219. The summed E-state index contributed by atoms with van der Waals surface area (Å²) < 4.78 is 5.18. The van der Waals surface area contributed by atoms with Gasteiger partial charge in [-0.05, 0) is 26.3 Å². The van der Waals surface area contributed by atoms with E-state index in [9.17, 15) is 14.7 Å². The molecule has 0 radical (unpaired) electrons. The van der Waals surface area contributed by atoms with Gasteiger partial charge in [0.05, 0.1) is 13.1 Å². The van der Waals surface area contributed by atoms with Gasteiger partial charge in [0.25, 0.3) is 0 Å². The van der Waals surface area contributed by atoms with Crippen molar-refractivity contribution in [2.24, 2.45) is 0 Å². The summed E-state index contributed by atoms with van der Waals surface area (Å²) in [6.07, 6.45) is 0.282. The van der Waals surface area contributed by atoms with E-state index in [2.05, 4.69) is 5.32 Å². The molecule has 2 atom stereocenters. The number of rotatable bonds is 4. The molecule has 24 heavy (non-hydrogen) atoms. The fraction of sp³-hybridized carbons (Fsp3) is 0.556. The Hall–Kier alpha value is -2.08. The van der Waals surface area contributed by atoms with E-state index in [0.29, 0.717) is 13.1 Å². The third kappa shape index (κ3) is 3.70. The summed E-state index contributed by atoms with van der Waals surface area (Å²) in [5.74, 6) is 0. The van der Waals surface area contributed by atoms with Crippen LogP contribution in [0.25, 0.3) is 0 Å². The molecule has 0 bridgehead atoms. The number of quaternary nitrogens is 1. The van der Waals surface area contributed by atoms with Crippen LogP contribution in [-0.2, 0) is 11.3 Å². The molecule has 2 amide bonds. The second-order valence-electron chi connectivity index (χ2n) is 7.28. The van der Waals surface area contributed by atoms with Crippen molar-refractivity contribution in [3.63, 3.8) is 0 Å². The zero-order valence-electron chi connectivity index (χ0n) is 14.6. The zero-order chi connectivity index (χ0) is 17.8. The summed E-state index contributed by atoms with van der Waals surface area (Å²) in [4.78, 5) is 23.9. The average Bonchev–Trinajstić information content (AvgIpc) is 2.97. The first kappa shape index (κ1) is 18.3. The molecule has 2 rings (SSSR count). The summed E-state index contributed by atoms with van der Waals surface area (Å²) in [6, 6.07) is 9.30. The van der Waals surface area contributed by atoms with E-state index in [-0.39, 0.29) is 17.1 Å². The molecule has 0 aromatic heterocycles. The predicted octanol–water partition coefficient (Wildman–Crippen LogP) is 3.37. The number of carbonyl (C=O) groups is 2. The zero-order valence-corrected chi connectivity index (χ0v) is 14.6. The Morgan fingerprint density at radius 1 is 1.29 bits per heavy atom. The van der Waals surface area contributed by atoms with E-state index in [1.807, 2.05) is 51.1 Å². The quantitative estimate of drug-likeness (QED) is 0.827. The monoisotopic (exact) mass is 335 g/mol. The van der Waals surface area contributed by atoms with E-state index >= 15 is 0 Å². The van der Waals surface area contributed by atoms with Gasteiger partial charge in [-0.25, -0.2) is 9.28 Å². The van der Waals surface area contributed by atoms with Crippen molar-refractivity contribution in [1.82, 2.24) is 5.32 Å². The molecule has 1 saturated heterocycles. The first-order valence-corrected chi connectivity index (χ1v) is 8.33. The van der Waals surface area contributed by atoms with Gasteiger partial charge in [-0.3, -0.25) is 0 Å². The molecule has 1 aromatic carbocycles. The number of carbonyl (C=O) groups excluding carboxylic acids is 1. The molecule has 1 aliphatic heterocycles. The molecule has 1 heterocycles. The number of carboxylic acid groups (broad SMARTS) is 1. The summed E-state index contributed by atoms with van der Waals surface area (Å²) in [7, 11) is 0. The lowest BCUT2D eigenvalue weighted by atomic mass is 10.00. The molecular formula is C18H27N2O4+. The van der Waals surface area contributed by atoms with Gasteiger partial charge in [-0.1, -0.05) is 30.3 Å². The van der Waals surface area contributed by atoms with Crippen LogP contribution in [-0.4, -0.2) is 46.4 Å².